The standard InChI is InChI=1S/C18H24ClNO3/c1-12(18(23)14-5-7-15(19)8-6-14)10-17(22)20-9-3-4-16(20)11-13(2)21/h5-8,12-13,16,21H,3-4,9-11H2,1-2H3. The molecule has 1 heterocycles. The molecule has 0 aliphatic carbocycles. The minimum Gasteiger partial charge on any atom is -0.393 e. The Balaban J connectivity index is 1.96. The van der Waals surface area contributed by atoms with E-state index in [-0.39, 0.29) is 30.1 Å². The summed E-state index contributed by atoms with van der Waals surface area (Å²) in [5.74, 6) is -0.402. The quantitative estimate of drug-likeness (QED) is 0.810. The minimum absolute atomic E-state index is 0.00274. The summed E-state index contributed by atoms with van der Waals surface area (Å²) in [4.78, 5) is 26.8. The van der Waals surface area contributed by atoms with E-state index < -0.39 is 6.10 Å². The van der Waals surface area contributed by atoms with Crippen molar-refractivity contribution in [2.45, 2.75) is 51.7 Å². The van der Waals surface area contributed by atoms with Crippen LogP contribution in [0, 0.1) is 5.92 Å². The van der Waals surface area contributed by atoms with Crippen LogP contribution in [0.2, 0.25) is 5.02 Å². The van der Waals surface area contributed by atoms with Crippen LogP contribution in [0.1, 0.15) is 49.9 Å². The largest absolute Gasteiger partial charge is 0.393 e. The highest BCUT2D eigenvalue weighted by molar-refractivity contribution is 6.30. The lowest BCUT2D eigenvalue weighted by atomic mass is 9.95. The van der Waals surface area contributed by atoms with Crippen molar-refractivity contribution in [3.63, 3.8) is 0 Å². The topological polar surface area (TPSA) is 57.6 Å². The molecule has 1 N–H and O–H groups in total. The van der Waals surface area contributed by atoms with Gasteiger partial charge >= 0.3 is 0 Å². The number of Topliss-reactive ketones (excluding diaryl/α,β-unsaturated/α-hetero) is 1. The van der Waals surface area contributed by atoms with Crippen molar-refractivity contribution in [1.82, 2.24) is 4.90 Å². The summed E-state index contributed by atoms with van der Waals surface area (Å²) in [6.45, 7) is 4.25. The molecule has 4 nitrogen and oxygen atoms in total. The molecule has 3 atom stereocenters. The number of carbonyl (C=O) groups excluding carboxylic acids is 2. The molecule has 23 heavy (non-hydrogen) atoms. The van der Waals surface area contributed by atoms with E-state index in [4.69, 9.17) is 11.6 Å². The molecular weight excluding hydrogens is 314 g/mol. The number of aliphatic hydroxyl groups is 1. The number of likely N-dealkylation sites (tertiary alicyclic amines) is 1. The van der Waals surface area contributed by atoms with Crippen LogP contribution in [-0.4, -0.2) is 40.4 Å². The molecule has 3 unspecified atom stereocenters. The van der Waals surface area contributed by atoms with Crippen LogP contribution in [0.5, 0.6) is 0 Å². The number of aliphatic hydroxyl groups excluding tert-OH is 1. The summed E-state index contributed by atoms with van der Waals surface area (Å²) in [7, 11) is 0. The van der Waals surface area contributed by atoms with E-state index >= 15 is 0 Å². The Morgan fingerprint density at radius 1 is 1.30 bits per heavy atom. The van der Waals surface area contributed by atoms with Gasteiger partial charge in [0.15, 0.2) is 5.78 Å². The summed E-state index contributed by atoms with van der Waals surface area (Å²) in [6.07, 6.45) is 2.28. The Labute approximate surface area is 142 Å². The third-order valence-electron chi connectivity index (χ3n) is 4.37. The van der Waals surface area contributed by atoms with E-state index in [1.807, 2.05) is 4.90 Å². The van der Waals surface area contributed by atoms with Crippen LogP contribution in [-0.2, 0) is 4.79 Å². The Hall–Kier alpha value is -1.39. The van der Waals surface area contributed by atoms with E-state index in [1.54, 1.807) is 38.1 Å². The van der Waals surface area contributed by atoms with Crippen molar-refractivity contribution in [2.24, 2.45) is 5.92 Å². The van der Waals surface area contributed by atoms with Gasteiger partial charge in [0, 0.05) is 35.5 Å². The molecule has 0 spiro atoms. The van der Waals surface area contributed by atoms with Gasteiger partial charge in [-0.25, -0.2) is 0 Å². The van der Waals surface area contributed by atoms with Gasteiger partial charge in [0.25, 0.3) is 0 Å². The fourth-order valence-electron chi connectivity index (χ4n) is 3.17. The third-order valence-corrected chi connectivity index (χ3v) is 4.62. The van der Waals surface area contributed by atoms with Crippen molar-refractivity contribution >= 4 is 23.3 Å². The van der Waals surface area contributed by atoms with Gasteiger partial charge in [-0.15, -0.1) is 0 Å². The molecule has 1 aromatic carbocycles. The summed E-state index contributed by atoms with van der Waals surface area (Å²) in [5, 5.41) is 10.1. The molecule has 0 aromatic heterocycles. The lowest BCUT2D eigenvalue weighted by Crippen LogP contribution is -2.38. The summed E-state index contributed by atoms with van der Waals surface area (Å²) in [5.41, 5.74) is 0.580. The maximum absolute atomic E-state index is 12.5. The van der Waals surface area contributed by atoms with Gasteiger partial charge in [0.2, 0.25) is 5.91 Å². The molecule has 1 aliphatic rings. The second kappa shape index (κ2) is 7.93. The molecule has 1 amide bonds. The number of hydrogen-bond donors (Lipinski definition) is 1. The van der Waals surface area contributed by atoms with Gasteiger partial charge < -0.3 is 10.0 Å². The average Bonchev–Trinajstić information content (AvgIpc) is 2.94. The van der Waals surface area contributed by atoms with Gasteiger partial charge in [-0.2, -0.15) is 0 Å². The van der Waals surface area contributed by atoms with Gasteiger partial charge in [0.05, 0.1) is 6.10 Å². The maximum atomic E-state index is 12.5. The highest BCUT2D eigenvalue weighted by atomic mass is 35.5. The van der Waals surface area contributed by atoms with E-state index in [1.165, 1.54) is 0 Å². The average molecular weight is 338 g/mol. The fourth-order valence-corrected chi connectivity index (χ4v) is 3.30. The zero-order valence-corrected chi connectivity index (χ0v) is 14.4. The lowest BCUT2D eigenvalue weighted by molar-refractivity contribution is -0.133. The van der Waals surface area contributed by atoms with Gasteiger partial charge in [0.1, 0.15) is 0 Å². The minimum atomic E-state index is -0.415. The van der Waals surface area contributed by atoms with E-state index in [9.17, 15) is 14.7 Å². The molecule has 0 saturated carbocycles. The Morgan fingerprint density at radius 3 is 2.57 bits per heavy atom. The zero-order chi connectivity index (χ0) is 17.0. The third kappa shape index (κ3) is 4.79. The number of amides is 1. The number of hydrogen-bond acceptors (Lipinski definition) is 3. The molecule has 0 radical (unpaired) electrons. The molecule has 1 aliphatic heterocycles. The van der Waals surface area contributed by atoms with Crippen molar-refractivity contribution < 1.29 is 14.7 Å². The molecular formula is C18H24ClNO3. The highest BCUT2D eigenvalue weighted by Gasteiger charge is 2.31. The second-order valence-corrected chi connectivity index (χ2v) is 6.88. The SMILES string of the molecule is CC(O)CC1CCCN1C(=O)CC(C)C(=O)c1ccc(Cl)cc1. The summed E-state index contributed by atoms with van der Waals surface area (Å²) in [6, 6.07) is 6.85. The Bertz CT molecular complexity index is 556. The Kier molecular flexibility index (Phi) is 6.19. The molecule has 1 aromatic rings. The Morgan fingerprint density at radius 2 is 1.96 bits per heavy atom. The van der Waals surface area contributed by atoms with Crippen molar-refractivity contribution in [3.8, 4) is 0 Å². The monoisotopic (exact) mass is 337 g/mol. The first kappa shape index (κ1) is 18.0. The molecule has 0 bridgehead atoms. The lowest BCUT2D eigenvalue weighted by Gasteiger charge is -2.26. The predicted octanol–water partition coefficient (Wildman–Crippen LogP) is 3.31. The number of halogens is 1. The number of carbonyl (C=O) groups is 2. The van der Waals surface area contributed by atoms with Crippen LogP contribution in [0.4, 0.5) is 0 Å². The van der Waals surface area contributed by atoms with Crippen LogP contribution < -0.4 is 0 Å². The number of benzene rings is 1. The van der Waals surface area contributed by atoms with E-state index in [2.05, 4.69) is 0 Å². The van der Waals surface area contributed by atoms with Gasteiger partial charge in [-0.3, -0.25) is 9.59 Å². The summed E-state index contributed by atoms with van der Waals surface area (Å²) < 4.78 is 0. The van der Waals surface area contributed by atoms with Crippen molar-refractivity contribution in [3.05, 3.63) is 34.9 Å². The van der Waals surface area contributed by atoms with Crippen LogP contribution in [0.3, 0.4) is 0 Å². The molecule has 2 rings (SSSR count). The van der Waals surface area contributed by atoms with Crippen LogP contribution in [0.25, 0.3) is 0 Å². The van der Waals surface area contributed by atoms with Crippen molar-refractivity contribution in [1.29, 1.82) is 0 Å². The van der Waals surface area contributed by atoms with E-state index in [0.29, 0.717) is 17.0 Å². The number of rotatable bonds is 6. The normalized spacial score (nSPS) is 20.3. The second-order valence-electron chi connectivity index (χ2n) is 6.44. The first-order valence-corrected chi connectivity index (χ1v) is 8.53. The molecule has 126 valence electrons. The maximum Gasteiger partial charge on any atom is 0.223 e. The number of nitrogens with zero attached hydrogens (tertiary/aromatic N) is 1. The molecule has 1 saturated heterocycles. The number of ketones is 1. The van der Waals surface area contributed by atoms with E-state index in [0.717, 1.165) is 19.4 Å². The molecule has 1 fully saturated rings. The first-order chi connectivity index (χ1) is 10.9. The van der Waals surface area contributed by atoms with Crippen LogP contribution >= 0.6 is 11.6 Å². The zero-order valence-electron chi connectivity index (χ0n) is 13.7. The smallest absolute Gasteiger partial charge is 0.223 e. The highest BCUT2D eigenvalue weighted by Crippen LogP contribution is 2.24. The first-order valence-electron chi connectivity index (χ1n) is 8.15. The van der Waals surface area contributed by atoms with Gasteiger partial charge in [-0.1, -0.05) is 18.5 Å². The summed E-state index contributed by atoms with van der Waals surface area (Å²) >= 11 is 5.83. The molecule has 5 heteroatoms. The fraction of sp³-hybridized carbons (Fsp3) is 0.556. The predicted molar refractivity (Wildman–Crippen MR) is 90.6 cm³/mol. The van der Waals surface area contributed by atoms with Gasteiger partial charge in [-0.05, 0) is 50.5 Å². The van der Waals surface area contributed by atoms with Crippen LogP contribution in [0.15, 0.2) is 24.3 Å². The van der Waals surface area contributed by atoms with Crippen molar-refractivity contribution in [2.75, 3.05) is 6.54 Å².